The van der Waals surface area contributed by atoms with E-state index in [0.717, 1.165) is 5.56 Å². The molecule has 3 aromatic rings. The zero-order valence-electron chi connectivity index (χ0n) is 11.8. The van der Waals surface area contributed by atoms with E-state index in [2.05, 4.69) is 15.4 Å². The van der Waals surface area contributed by atoms with Crippen LogP contribution in [0.25, 0.3) is 16.9 Å². The highest BCUT2D eigenvalue weighted by atomic mass is 16.4. The third-order valence-corrected chi connectivity index (χ3v) is 3.23. The molecule has 23 heavy (non-hydrogen) atoms. The maximum atomic E-state index is 12.1. The first-order chi connectivity index (χ1) is 11.1. The predicted octanol–water partition coefficient (Wildman–Crippen LogP) is 0.916. The number of fused-ring (bicyclic) bond motifs is 1. The van der Waals surface area contributed by atoms with Gasteiger partial charge in [0.15, 0.2) is 5.65 Å². The molecule has 3 rings (SSSR count). The normalized spacial score (nSPS) is 10.6. The summed E-state index contributed by atoms with van der Waals surface area (Å²) in [5.41, 5.74) is 1.37. The number of carbonyl (C=O) groups is 2. The lowest BCUT2D eigenvalue weighted by Gasteiger charge is -2.10. The van der Waals surface area contributed by atoms with Gasteiger partial charge in [-0.3, -0.25) is 9.59 Å². The van der Waals surface area contributed by atoms with E-state index in [-0.39, 0.29) is 17.0 Å². The van der Waals surface area contributed by atoms with Crippen molar-refractivity contribution in [3.63, 3.8) is 0 Å². The zero-order valence-corrected chi connectivity index (χ0v) is 11.8. The third-order valence-electron chi connectivity index (χ3n) is 3.23. The van der Waals surface area contributed by atoms with Crippen molar-refractivity contribution in [2.24, 2.45) is 0 Å². The highest BCUT2D eigenvalue weighted by Gasteiger charge is 2.21. The van der Waals surface area contributed by atoms with Crippen LogP contribution in [0, 0.1) is 0 Å². The molecule has 0 aliphatic carbocycles. The molecule has 3 N–H and O–H groups in total. The number of pyridine rings is 1. The molecule has 0 spiro atoms. The van der Waals surface area contributed by atoms with Crippen LogP contribution in [0.5, 0.6) is 5.75 Å². The fourth-order valence-corrected chi connectivity index (χ4v) is 2.24. The largest absolute Gasteiger partial charge is 0.507 e. The first kappa shape index (κ1) is 14.5. The van der Waals surface area contributed by atoms with E-state index in [1.54, 1.807) is 0 Å². The summed E-state index contributed by atoms with van der Waals surface area (Å²) in [6.07, 6.45) is 1.26. The fraction of sp³-hybridized carbons (Fsp3) is 0.0667. The number of benzene rings is 1. The number of rotatable bonds is 4. The first-order valence-electron chi connectivity index (χ1n) is 6.69. The highest BCUT2D eigenvalue weighted by molar-refractivity contribution is 6.03. The van der Waals surface area contributed by atoms with E-state index >= 15 is 0 Å². The number of hydrogen-bond acceptors (Lipinski definition) is 5. The number of amides is 1. The van der Waals surface area contributed by atoms with Crippen LogP contribution in [-0.4, -0.2) is 43.2 Å². The maximum absolute atomic E-state index is 12.1. The lowest BCUT2D eigenvalue weighted by molar-refractivity contribution is -0.135. The molecule has 1 aromatic carbocycles. The van der Waals surface area contributed by atoms with Gasteiger partial charge in [0.25, 0.3) is 5.91 Å². The van der Waals surface area contributed by atoms with Crippen molar-refractivity contribution in [1.82, 2.24) is 19.9 Å². The van der Waals surface area contributed by atoms with Crippen molar-refractivity contribution >= 4 is 17.5 Å². The average molecular weight is 312 g/mol. The number of carbonyl (C=O) groups excluding carboxylic acids is 1. The fourth-order valence-electron chi connectivity index (χ4n) is 2.24. The Morgan fingerprint density at radius 2 is 1.96 bits per heavy atom. The first-order valence-corrected chi connectivity index (χ1v) is 6.69. The minimum Gasteiger partial charge on any atom is -0.507 e. The van der Waals surface area contributed by atoms with Gasteiger partial charge in [0, 0.05) is 11.6 Å². The molecule has 2 heterocycles. The molecule has 8 heteroatoms. The Morgan fingerprint density at radius 3 is 2.65 bits per heavy atom. The average Bonchev–Trinajstić information content (AvgIpc) is 3.01. The monoisotopic (exact) mass is 312 g/mol. The second-order valence-electron chi connectivity index (χ2n) is 4.73. The number of aliphatic carboxylic acids is 1. The van der Waals surface area contributed by atoms with Crippen molar-refractivity contribution in [3.8, 4) is 17.0 Å². The lowest BCUT2D eigenvalue weighted by atomic mass is 10.1. The molecule has 0 fully saturated rings. The van der Waals surface area contributed by atoms with Crippen LogP contribution in [0.4, 0.5) is 0 Å². The quantitative estimate of drug-likeness (QED) is 0.659. The molecule has 0 aliphatic heterocycles. The molecule has 0 aliphatic rings. The van der Waals surface area contributed by atoms with E-state index in [1.807, 2.05) is 30.3 Å². The number of nitrogens with one attached hydrogen (secondary N) is 1. The summed E-state index contributed by atoms with van der Waals surface area (Å²) in [5.74, 6) is -2.22. The highest BCUT2D eigenvalue weighted by Crippen LogP contribution is 2.28. The number of carboxylic acids is 1. The minimum atomic E-state index is -1.18. The van der Waals surface area contributed by atoms with Crippen LogP contribution in [0.3, 0.4) is 0 Å². The molecular weight excluding hydrogens is 300 g/mol. The Hall–Kier alpha value is -3.42. The summed E-state index contributed by atoms with van der Waals surface area (Å²) in [4.78, 5) is 26.7. The van der Waals surface area contributed by atoms with Gasteiger partial charge in [-0.25, -0.2) is 9.50 Å². The number of aromatic nitrogens is 3. The predicted molar refractivity (Wildman–Crippen MR) is 80.1 cm³/mol. The van der Waals surface area contributed by atoms with Crippen LogP contribution >= 0.6 is 0 Å². The van der Waals surface area contributed by atoms with Gasteiger partial charge in [-0.15, -0.1) is 0 Å². The Balaban J connectivity index is 2.12. The van der Waals surface area contributed by atoms with Gasteiger partial charge in [0.05, 0.1) is 5.69 Å². The Kier molecular flexibility index (Phi) is 3.63. The lowest BCUT2D eigenvalue weighted by Crippen LogP contribution is -2.29. The smallest absolute Gasteiger partial charge is 0.322 e. The summed E-state index contributed by atoms with van der Waals surface area (Å²) >= 11 is 0. The van der Waals surface area contributed by atoms with E-state index in [1.165, 1.54) is 16.9 Å². The third kappa shape index (κ3) is 2.69. The number of carboxylic acid groups (broad SMARTS) is 1. The molecule has 2 aromatic heterocycles. The van der Waals surface area contributed by atoms with E-state index < -0.39 is 18.4 Å². The second kappa shape index (κ2) is 5.76. The van der Waals surface area contributed by atoms with Crippen molar-refractivity contribution in [1.29, 1.82) is 0 Å². The molecular formula is C15H12N4O4. The van der Waals surface area contributed by atoms with Crippen LogP contribution in [0.15, 0.2) is 42.7 Å². The molecule has 0 atom stereocenters. The minimum absolute atomic E-state index is 0.122. The molecule has 8 nitrogen and oxygen atoms in total. The summed E-state index contributed by atoms with van der Waals surface area (Å²) in [5, 5.41) is 25.1. The number of aromatic hydroxyl groups is 1. The van der Waals surface area contributed by atoms with Gasteiger partial charge in [-0.1, -0.05) is 30.3 Å². The molecule has 0 bridgehead atoms. The second-order valence-corrected chi connectivity index (χ2v) is 4.73. The van der Waals surface area contributed by atoms with Crippen molar-refractivity contribution in [3.05, 3.63) is 48.3 Å². The molecule has 1 amide bonds. The molecule has 0 unspecified atom stereocenters. The summed E-state index contributed by atoms with van der Waals surface area (Å²) in [7, 11) is 0. The van der Waals surface area contributed by atoms with Crippen molar-refractivity contribution < 1.29 is 19.8 Å². The van der Waals surface area contributed by atoms with Gasteiger partial charge in [0.2, 0.25) is 0 Å². The summed E-state index contributed by atoms with van der Waals surface area (Å²) in [6.45, 7) is -0.557. The molecule has 116 valence electrons. The topological polar surface area (TPSA) is 117 Å². The van der Waals surface area contributed by atoms with Crippen LogP contribution in [0.2, 0.25) is 0 Å². The number of hydrogen-bond donors (Lipinski definition) is 3. The molecule has 0 saturated carbocycles. The van der Waals surface area contributed by atoms with Gasteiger partial charge in [-0.05, 0) is 0 Å². The van der Waals surface area contributed by atoms with E-state index in [4.69, 9.17) is 5.11 Å². The maximum Gasteiger partial charge on any atom is 0.322 e. The Morgan fingerprint density at radius 1 is 1.22 bits per heavy atom. The Bertz CT molecular complexity index is 889. The number of nitrogens with zero attached hydrogens (tertiary/aromatic N) is 3. The summed E-state index contributed by atoms with van der Waals surface area (Å²) < 4.78 is 1.42. The van der Waals surface area contributed by atoms with E-state index in [0.29, 0.717) is 5.69 Å². The van der Waals surface area contributed by atoms with Gasteiger partial charge in [0.1, 0.15) is 24.2 Å². The SMILES string of the molecule is O=C(O)CNC(=O)c1c(O)cc(-c2ccccc2)n2ncnc12. The zero-order chi connectivity index (χ0) is 16.4. The van der Waals surface area contributed by atoms with Gasteiger partial charge in [-0.2, -0.15) is 5.10 Å². The molecule has 0 radical (unpaired) electrons. The van der Waals surface area contributed by atoms with E-state index in [9.17, 15) is 14.7 Å². The Labute approximate surface area is 130 Å². The van der Waals surface area contributed by atoms with Gasteiger partial charge >= 0.3 is 5.97 Å². The van der Waals surface area contributed by atoms with Crippen LogP contribution in [-0.2, 0) is 4.79 Å². The van der Waals surface area contributed by atoms with Crippen LogP contribution < -0.4 is 5.32 Å². The molecule has 0 saturated heterocycles. The van der Waals surface area contributed by atoms with Crippen LogP contribution in [0.1, 0.15) is 10.4 Å². The van der Waals surface area contributed by atoms with Crippen molar-refractivity contribution in [2.75, 3.05) is 6.54 Å². The van der Waals surface area contributed by atoms with Crippen molar-refractivity contribution in [2.45, 2.75) is 0 Å². The summed E-state index contributed by atoms with van der Waals surface area (Å²) in [6, 6.07) is 10.6. The standard InChI is InChI=1S/C15H12N4O4/c20-11-6-10(9-4-2-1-3-5-9)19-14(17-8-18-19)13(11)15(23)16-7-12(21)22/h1-6,8,20H,7H2,(H,16,23)(H,21,22). The van der Waals surface area contributed by atoms with Gasteiger partial charge < -0.3 is 15.5 Å².